The molecule has 0 bridgehead atoms. The van der Waals surface area contributed by atoms with E-state index in [0.717, 1.165) is 180 Å². The number of carbonyl (C=O) groups excluding carboxylic acids is 4. The van der Waals surface area contributed by atoms with E-state index in [-0.39, 0.29) is 25.7 Å². The molecule has 19 heteroatoms. The van der Waals surface area contributed by atoms with Gasteiger partial charge in [-0.2, -0.15) is 0 Å². The third kappa shape index (κ3) is 69.0. The molecule has 96 heavy (non-hydrogen) atoms. The predicted octanol–water partition coefficient (Wildman–Crippen LogP) is 21.7. The van der Waals surface area contributed by atoms with E-state index < -0.39 is 97.5 Å². The lowest BCUT2D eigenvalue weighted by Crippen LogP contribution is -2.30. The number of aliphatic hydroxyl groups is 1. The zero-order valence-corrected chi connectivity index (χ0v) is 62.6. The number of aliphatic hydroxyl groups excluding tert-OH is 1. The van der Waals surface area contributed by atoms with Crippen molar-refractivity contribution in [3.05, 3.63) is 72.9 Å². The Balaban J connectivity index is 5.31. The van der Waals surface area contributed by atoms with Gasteiger partial charge in [0.15, 0.2) is 12.2 Å². The molecule has 0 saturated carbocycles. The van der Waals surface area contributed by atoms with Crippen molar-refractivity contribution in [3.8, 4) is 0 Å². The van der Waals surface area contributed by atoms with Crippen LogP contribution in [-0.4, -0.2) is 96.7 Å². The Morgan fingerprint density at radius 3 is 0.917 bits per heavy atom. The zero-order valence-electron chi connectivity index (χ0n) is 60.8. The van der Waals surface area contributed by atoms with E-state index in [4.69, 9.17) is 37.0 Å². The van der Waals surface area contributed by atoms with Gasteiger partial charge in [-0.3, -0.25) is 37.3 Å². The molecule has 0 radical (unpaired) electrons. The van der Waals surface area contributed by atoms with Crippen molar-refractivity contribution in [3.63, 3.8) is 0 Å². The molecule has 0 spiro atoms. The standard InChI is InChI=1S/C77H138O17P2/c1-5-9-13-17-21-25-29-32-34-35-37-39-43-46-50-54-58-62-75(80)88-68-73(94-77(82)64-60-56-52-48-44-40-36-33-30-26-22-18-14-10-6-2)70-92-96(85,86)90-66-71(78)65-89-95(83,84)91-69-72(93-76(81)63-59-55-51-47-41-28-24-20-16-12-8-4)67-87-74(79)61-57-53-49-45-42-38-31-27-23-19-15-11-7-3/h9,13,15,19-21,24-25,27,31-32,34,71-73,78H,5-8,10-12,14,16-18,22-23,26,28-30,33,35-70H2,1-4H3,(H,83,84)(H,85,86)/b13-9-,19-15-,24-20-,25-21-,31-27-,34-32-. The van der Waals surface area contributed by atoms with Gasteiger partial charge in [-0.25, -0.2) is 9.13 Å². The molecule has 558 valence electrons. The van der Waals surface area contributed by atoms with E-state index in [2.05, 4.69) is 101 Å². The van der Waals surface area contributed by atoms with Crippen LogP contribution in [0.1, 0.15) is 336 Å². The fraction of sp³-hybridized carbons (Fsp3) is 0.792. The minimum Gasteiger partial charge on any atom is -0.462 e. The summed E-state index contributed by atoms with van der Waals surface area (Å²) in [6, 6.07) is 0. The average molecular weight is 1400 g/mol. The Bertz CT molecular complexity index is 2110. The molecule has 0 aliphatic carbocycles. The first kappa shape index (κ1) is 92.5. The van der Waals surface area contributed by atoms with Gasteiger partial charge in [-0.15, -0.1) is 0 Å². The predicted molar refractivity (Wildman–Crippen MR) is 390 cm³/mol. The van der Waals surface area contributed by atoms with Crippen molar-refractivity contribution in [1.29, 1.82) is 0 Å². The van der Waals surface area contributed by atoms with E-state index in [0.29, 0.717) is 25.7 Å². The summed E-state index contributed by atoms with van der Waals surface area (Å²) < 4.78 is 68.4. The minimum atomic E-state index is -4.97. The number of phosphoric acid groups is 2. The van der Waals surface area contributed by atoms with Crippen LogP contribution in [0.3, 0.4) is 0 Å². The smallest absolute Gasteiger partial charge is 0.462 e. The summed E-state index contributed by atoms with van der Waals surface area (Å²) in [4.78, 5) is 72.8. The minimum absolute atomic E-state index is 0.0840. The molecule has 0 aliphatic heterocycles. The number of unbranched alkanes of at least 4 members (excludes halogenated alkanes) is 34. The van der Waals surface area contributed by atoms with E-state index in [1.54, 1.807) is 0 Å². The van der Waals surface area contributed by atoms with Crippen molar-refractivity contribution >= 4 is 39.5 Å². The Morgan fingerprint density at radius 1 is 0.302 bits per heavy atom. The maximum atomic E-state index is 13.1. The summed E-state index contributed by atoms with van der Waals surface area (Å²) in [5.74, 6) is -2.19. The van der Waals surface area contributed by atoms with E-state index in [1.807, 2.05) is 0 Å². The molecule has 0 heterocycles. The molecule has 0 aromatic carbocycles. The number of allylic oxidation sites excluding steroid dienone is 12. The second kappa shape index (κ2) is 70.0. The van der Waals surface area contributed by atoms with Crippen LogP contribution < -0.4 is 0 Å². The topological polar surface area (TPSA) is 237 Å². The highest BCUT2D eigenvalue weighted by molar-refractivity contribution is 7.47. The number of carbonyl (C=O) groups is 4. The monoisotopic (exact) mass is 1400 g/mol. The third-order valence-electron chi connectivity index (χ3n) is 16.1. The van der Waals surface area contributed by atoms with Crippen molar-refractivity contribution in [2.75, 3.05) is 39.6 Å². The molecule has 0 saturated heterocycles. The number of ether oxygens (including phenoxy) is 4. The van der Waals surface area contributed by atoms with Gasteiger partial charge in [0.05, 0.1) is 26.4 Å². The van der Waals surface area contributed by atoms with E-state index >= 15 is 0 Å². The fourth-order valence-corrected chi connectivity index (χ4v) is 11.9. The summed E-state index contributed by atoms with van der Waals surface area (Å²) in [5.41, 5.74) is 0. The molecule has 0 amide bonds. The Labute approximate surface area is 583 Å². The third-order valence-corrected chi connectivity index (χ3v) is 18.0. The van der Waals surface area contributed by atoms with Crippen molar-refractivity contribution in [1.82, 2.24) is 0 Å². The first-order valence-corrected chi connectivity index (χ1v) is 41.2. The van der Waals surface area contributed by atoms with Gasteiger partial charge in [0.1, 0.15) is 19.3 Å². The van der Waals surface area contributed by atoms with E-state index in [9.17, 15) is 43.2 Å². The highest BCUT2D eigenvalue weighted by atomic mass is 31.2. The number of rotatable bonds is 72. The zero-order chi connectivity index (χ0) is 70.4. The van der Waals surface area contributed by atoms with Crippen LogP contribution >= 0.6 is 15.6 Å². The second-order valence-corrected chi connectivity index (χ2v) is 28.5. The molecule has 0 fully saturated rings. The molecule has 0 aromatic rings. The molecule has 3 N–H and O–H groups in total. The lowest BCUT2D eigenvalue weighted by atomic mass is 10.0. The Morgan fingerprint density at radius 2 is 0.573 bits per heavy atom. The highest BCUT2D eigenvalue weighted by Crippen LogP contribution is 2.45. The SMILES string of the molecule is CC/C=C\C/C=C\C/C=C\CCCCCCCCCC(=O)OCC(COP(=O)(O)OCC(O)COP(=O)(O)OCC(COC(=O)CCCCCCC/C=C\C/C=C\CCC)OC(=O)CCCCCCC/C=C\CCCC)OC(=O)CCCCCCCCCCCCCCCCC. The van der Waals surface area contributed by atoms with Gasteiger partial charge < -0.3 is 33.8 Å². The summed E-state index contributed by atoms with van der Waals surface area (Å²) in [6.07, 6.45) is 68.9. The Hall–Kier alpha value is -3.50. The number of esters is 4. The lowest BCUT2D eigenvalue weighted by molar-refractivity contribution is -0.161. The molecule has 5 atom stereocenters. The largest absolute Gasteiger partial charge is 0.472 e. The summed E-state index contributed by atoms with van der Waals surface area (Å²) >= 11 is 0. The molecular formula is C77H138O17P2. The van der Waals surface area contributed by atoms with Gasteiger partial charge in [0, 0.05) is 25.7 Å². The fourth-order valence-electron chi connectivity index (χ4n) is 10.3. The average Bonchev–Trinajstić information content (AvgIpc) is 2.18. The summed E-state index contributed by atoms with van der Waals surface area (Å²) in [5, 5.41) is 10.6. The number of phosphoric ester groups is 2. The first-order valence-electron chi connectivity index (χ1n) is 38.2. The number of hydrogen-bond donors (Lipinski definition) is 3. The quantitative estimate of drug-likeness (QED) is 0.0169. The molecular weight excluding hydrogens is 1260 g/mol. The van der Waals surface area contributed by atoms with Crippen LogP contribution in [0.4, 0.5) is 0 Å². The van der Waals surface area contributed by atoms with Crippen LogP contribution in [0, 0.1) is 0 Å². The molecule has 0 aromatic heterocycles. The van der Waals surface area contributed by atoms with Gasteiger partial charge in [0.2, 0.25) is 0 Å². The maximum absolute atomic E-state index is 13.1. The van der Waals surface area contributed by atoms with Crippen molar-refractivity contribution < 1.29 is 80.2 Å². The second-order valence-electron chi connectivity index (χ2n) is 25.6. The molecule has 0 rings (SSSR count). The normalized spacial score (nSPS) is 14.4. The lowest BCUT2D eigenvalue weighted by Gasteiger charge is -2.21. The molecule has 5 unspecified atom stereocenters. The van der Waals surface area contributed by atoms with Crippen molar-refractivity contribution in [2.24, 2.45) is 0 Å². The van der Waals surface area contributed by atoms with E-state index in [1.165, 1.54) is 77.0 Å². The van der Waals surface area contributed by atoms with Crippen LogP contribution in [-0.2, 0) is 65.4 Å². The Kier molecular flexibility index (Phi) is 67.4. The first-order chi connectivity index (χ1) is 46.7. The summed E-state index contributed by atoms with van der Waals surface area (Å²) in [6.45, 7) is 4.67. The maximum Gasteiger partial charge on any atom is 0.472 e. The highest BCUT2D eigenvalue weighted by Gasteiger charge is 2.30. The van der Waals surface area contributed by atoms with Gasteiger partial charge >= 0.3 is 39.5 Å². The number of hydrogen-bond acceptors (Lipinski definition) is 15. The van der Waals surface area contributed by atoms with Crippen LogP contribution in [0.25, 0.3) is 0 Å². The van der Waals surface area contributed by atoms with Crippen LogP contribution in [0.15, 0.2) is 72.9 Å². The van der Waals surface area contributed by atoms with Crippen molar-refractivity contribution in [2.45, 2.75) is 354 Å². The molecule has 17 nitrogen and oxygen atoms in total. The van der Waals surface area contributed by atoms with Gasteiger partial charge in [-0.05, 0) is 103 Å². The van der Waals surface area contributed by atoms with Crippen LogP contribution in [0.2, 0.25) is 0 Å². The van der Waals surface area contributed by atoms with Crippen LogP contribution in [0.5, 0.6) is 0 Å². The van der Waals surface area contributed by atoms with Gasteiger partial charge in [0.25, 0.3) is 0 Å². The van der Waals surface area contributed by atoms with Gasteiger partial charge in [-0.1, -0.05) is 280 Å². The summed E-state index contributed by atoms with van der Waals surface area (Å²) in [7, 11) is -9.94. The molecule has 0 aliphatic rings.